The standard InChI is InChI=1S/C14H17N3O/c1-15-12-6-8-18-14-9-10(3-4-11(12)14)13-5-7-16-17(13)2/h3-5,7,9,12,15H,6,8H2,1-2H3. The van der Waals surface area contributed by atoms with E-state index >= 15 is 0 Å². The molecule has 1 aliphatic rings. The van der Waals surface area contributed by atoms with Crippen molar-refractivity contribution < 1.29 is 4.74 Å². The first-order valence-electron chi connectivity index (χ1n) is 6.22. The maximum absolute atomic E-state index is 5.76. The van der Waals surface area contributed by atoms with Crippen molar-refractivity contribution in [2.24, 2.45) is 7.05 Å². The number of rotatable bonds is 2. The van der Waals surface area contributed by atoms with Crippen LogP contribution in [0.4, 0.5) is 0 Å². The molecule has 1 unspecified atom stereocenters. The summed E-state index contributed by atoms with van der Waals surface area (Å²) in [4.78, 5) is 0. The molecule has 0 saturated carbocycles. The summed E-state index contributed by atoms with van der Waals surface area (Å²) in [5.74, 6) is 0.985. The van der Waals surface area contributed by atoms with Crippen molar-refractivity contribution in [2.45, 2.75) is 12.5 Å². The first kappa shape index (κ1) is 11.3. The lowest BCUT2D eigenvalue weighted by Crippen LogP contribution is -2.23. The molecule has 0 spiro atoms. The molecule has 1 aromatic heterocycles. The Bertz CT molecular complexity index is 562. The Balaban J connectivity index is 2.04. The zero-order chi connectivity index (χ0) is 12.5. The minimum atomic E-state index is 0.398. The third-order valence-electron chi connectivity index (χ3n) is 3.52. The van der Waals surface area contributed by atoms with E-state index in [0.29, 0.717) is 6.04 Å². The fraction of sp³-hybridized carbons (Fsp3) is 0.357. The molecule has 4 nitrogen and oxygen atoms in total. The molecule has 3 rings (SSSR count). The molecule has 2 heterocycles. The lowest BCUT2D eigenvalue weighted by atomic mass is 9.98. The summed E-state index contributed by atoms with van der Waals surface area (Å²) in [6, 6.07) is 8.80. The van der Waals surface area contributed by atoms with Gasteiger partial charge in [0, 0.05) is 36.8 Å². The topological polar surface area (TPSA) is 39.1 Å². The molecule has 0 aliphatic carbocycles. The second-order valence-electron chi connectivity index (χ2n) is 4.57. The van der Waals surface area contributed by atoms with Crippen molar-refractivity contribution in [1.29, 1.82) is 0 Å². The van der Waals surface area contributed by atoms with Crippen LogP contribution < -0.4 is 10.1 Å². The minimum Gasteiger partial charge on any atom is -0.493 e. The van der Waals surface area contributed by atoms with Gasteiger partial charge in [-0.1, -0.05) is 12.1 Å². The zero-order valence-corrected chi connectivity index (χ0v) is 10.7. The first-order chi connectivity index (χ1) is 8.79. The lowest BCUT2D eigenvalue weighted by Gasteiger charge is -2.26. The SMILES string of the molecule is CNC1CCOc2cc(-c3ccnn3C)ccc21. The predicted octanol–water partition coefficient (Wildman–Crippen LogP) is 2.13. The van der Waals surface area contributed by atoms with Crippen molar-refractivity contribution in [3.63, 3.8) is 0 Å². The number of hydrogen-bond acceptors (Lipinski definition) is 3. The molecule has 0 bridgehead atoms. The Labute approximate surface area is 107 Å². The van der Waals surface area contributed by atoms with Gasteiger partial charge in [-0.2, -0.15) is 5.10 Å². The van der Waals surface area contributed by atoms with Crippen molar-refractivity contribution in [3.8, 4) is 17.0 Å². The van der Waals surface area contributed by atoms with Gasteiger partial charge in [-0.25, -0.2) is 0 Å². The second kappa shape index (κ2) is 4.46. The molecule has 0 amide bonds. The quantitative estimate of drug-likeness (QED) is 0.878. The summed E-state index contributed by atoms with van der Waals surface area (Å²) < 4.78 is 7.64. The molecule has 0 radical (unpaired) electrons. The number of nitrogens with one attached hydrogen (secondary N) is 1. The van der Waals surface area contributed by atoms with Crippen LogP contribution in [0.5, 0.6) is 5.75 Å². The van der Waals surface area contributed by atoms with Crippen LogP contribution in [0.15, 0.2) is 30.5 Å². The van der Waals surface area contributed by atoms with Gasteiger partial charge in [-0.3, -0.25) is 4.68 Å². The van der Waals surface area contributed by atoms with E-state index in [0.717, 1.165) is 30.0 Å². The molecular weight excluding hydrogens is 226 g/mol. The number of fused-ring (bicyclic) bond motifs is 1. The van der Waals surface area contributed by atoms with Crippen LogP contribution in [0.2, 0.25) is 0 Å². The smallest absolute Gasteiger partial charge is 0.124 e. The first-order valence-corrected chi connectivity index (χ1v) is 6.22. The molecule has 1 N–H and O–H groups in total. The molecule has 2 aromatic rings. The van der Waals surface area contributed by atoms with Gasteiger partial charge < -0.3 is 10.1 Å². The van der Waals surface area contributed by atoms with Crippen LogP contribution in [0.1, 0.15) is 18.0 Å². The number of aromatic nitrogens is 2. The lowest BCUT2D eigenvalue weighted by molar-refractivity contribution is 0.257. The van der Waals surface area contributed by atoms with Gasteiger partial charge in [0.15, 0.2) is 0 Å². The number of nitrogens with zero attached hydrogens (tertiary/aromatic N) is 2. The van der Waals surface area contributed by atoms with Gasteiger partial charge in [-0.05, 0) is 19.2 Å². The molecule has 4 heteroatoms. The summed E-state index contributed by atoms with van der Waals surface area (Å²) in [5.41, 5.74) is 3.49. The van der Waals surface area contributed by atoms with Crippen LogP contribution in [0, 0.1) is 0 Å². The third-order valence-corrected chi connectivity index (χ3v) is 3.52. The van der Waals surface area contributed by atoms with Crippen LogP contribution in [-0.4, -0.2) is 23.4 Å². The van der Waals surface area contributed by atoms with Gasteiger partial charge in [0.25, 0.3) is 0 Å². The molecular formula is C14H17N3O. The van der Waals surface area contributed by atoms with Gasteiger partial charge in [0.1, 0.15) is 5.75 Å². The monoisotopic (exact) mass is 243 g/mol. The highest BCUT2D eigenvalue weighted by molar-refractivity contribution is 5.63. The zero-order valence-electron chi connectivity index (χ0n) is 10.7. The van der Waals surface area contributed by atoms with E-state index in [1.54, 1.807) is 0 Å². The van der Waals surface area contributed by atoms with E-state index in [1.165, 1.54) is 5.56 Å². The van der Waals surface area contributed by atoms with E-state index in [9.17, 15) is 0 Å². The Kier molecular flexibility index (Phi) is 2.80. The highest BCUT2D eigenvalue weighted by atomic mass is 16.5. The molecule has 1 atom stereocenters. The van der Waals surface area contributed by atoms with E-state index in [1.807, 2.05) is 31.0 Å². The Morgan fingerprint density at radius 3 is 3.00 bits per heavy atom. The minimum absolute atomic E-state index is 0.398. The molecule has 94 valence electrons. The van der Waals surface area contributed by atoms with Crippen LogP contribution in [0.25, 0.3) is 11.3 Å². The number of aryl methyl sites for hydroxylation is 1. The second-order valence-corrected chi connectivity index (χ2v) is 4.57. The molecule has 0 fully saturated rings. The number of hydrogen-bond donors (Lipinski definition) is 1. The Morgan fingerprint density at radius 2 is 2.28 bits per heavy atom. The van der Waals surface area contributed by atoms with E-state index in [4.69, 9.17) is 4.74 Å². The fourth-order valence-electron chi connectivity index (χ4n) is 2.51. The summed E-state index contributed by atoms with van der Waals surface area (Å²) in [6.45, 7) is 0.771. The maximum atomic E-state index is 5.76. The van der Waals surface area contributed by atoms with E-state index in [2.05, 4.69) is 28.6 Å². The third kappa shape index (κ3) is 1.78. The summed E-state index contributed by atoms with van der Waals surface area (Å²) in [7, 11) is 3.95. The van der Waals surface area contributed by atoms with Crippen molar-refractivity contribution >= 4 is 0 Å². The summed E-state index contributed by atoms with van der Waals surface area (Å²) in [5, 5.41) is 7.53. The van der Waals surface area contributed by atoms with Crippen LogP contribution in [0.3, 0.4) is 0 Å². The molecule has 0 saturated heterocycles. The largest absolute Gasteiger partial charge is 0.493 e. The van der Waals surface area contributed by atoms with Gasteiger partial charge in [0.2, 0.25) is 0 Å². The van der Waals surface area contributed by atoms with Crippen molar-refractivity contribution in [1.82, 2.24) is 15.1 Å². The average Bonchev–Trinajstić information content (AvgIpc) is 2.83. The summed E-state index contributed by atoms with van der Waals surface area (Å²) in [6.07, 6.45) is 2.83. The van der Waals surface area contributed by atoms with Gasteiger partial charge in [0.05, 0.1) is 12.3 Å². The number of ether oxygens (including phenoxy) is 1. The Hall–Kier alpha value is -1.81. The highest BCUT2D eigenvalue weighted by Crippen LogP contribution is 2.35. The van der Waals surface area contributed by atoms with Gasteiger partial charge in [-0.15, -0.1) is 0 Å². The summed E-state index contributed by atoms with van der Waals surface area (Å²) >= 11 is 0. The highest BCUT2D eigenvalue weighted by Gasteiger charge is 2.20. The van der Waals surface area contributed by atoms with E-state index < -0.39 is 0 Å². The number of benzene rings is 1. The van der Waals surface area contributed by atoms with Crippen LogP contribution >= 0.6 is 0 Å². The van der Waals surface area contributed by atoms with Gasteiger partial charge >= 0.3 is 0 Å². The molecule has 1 aromatic carbocycles. The van der Waals surface area contributed by atoms with Crippen molar-refractivity contribution in [3.05, 3.63) is 36.0 Å². The van der Waals surface area contributed by atoms with Crippen LogP contribution in [-0.2, 0) is 7.05 Å². The fourth-order valence-corrected chi connectivity index (χ4v) is 2.51. The predicted molar refractivity (Wildman–Crippen MR) is 70.6 cm³/mol. The molecule has 1 aliphatic heterocycles. The average molecular weight is 243 g/mol. The normalized spacial score (nSPS) is 18.2. The molecule has 18 heavy (non-hydrogen) atoms. The Morgan fingerprint density at radius 1 is 1.39 bits per heavy atom. The van der Waals surface area contributed by atoms with E-state index in [-0.39, 0.29) is 0 Å². The maximum Gasteiger partial charge on any atom is 0.124 e. The van der Waals surface area contributed by atoms with Crippen molar-refractivity contribution in [2.75, 3.05) is 13.7 Å².